The number of ether oxygens (including phenoxy) is 1. The van der Waals surface area contributed by atoms with E-state index in [4.69, 9.17) is 9.84 Å². The summed E-state index contributed by atoms with van der Waals surface area (Å²) in [6.07, 6.45) is -0.801. The highest BCUT2D eigenvalue weighted by Crippen LogP contribution is 2.42. The summed E-state index contributed by atoms with van der Waals surface area (Å²) in [5.41, 5.74) is -1.19. The fourth-order valence-corrected chi connectivity index (χ4v) is 3.72. The topological polar surface area (TPSA) is 87.1 Å². The SMILES string of the molecule is O=C(O)OC1CCCN2C(=O)C(CCS)(CCS)C(=O)N12. The molecule has 0 bridgehead atoms. The first-order chi connectivity index (χ1) is 9.97. The number of hydrazine groups is 1. The Labute approximate surface area is 133 Å². The molecule has 7 nitrogen and oxygen atoms in total. The first kappa shape index (κ1) is 16.3. The quantitative estimate of drug-likeness (QED) is 0.397. The summed E-state index contributed by atoms with van der Waals surface area (Å²) in [6.45, 7) is 0.394. The molecule has 0 saturated carbocycles. The van der Waals surface area contributed by atoms with Crippen LogP contribution in [0.2, 0.25) is 0 Å². The van der Waals surface area contributed by atoms with Gasteiger partial charge in [-0.1, -0.05) is 0 Å². The maximum Gasteiger partial charge on any atom is 0.507 e. The highest BCUT2D eigenvalue weighted by atomic mass is 32.1. The molecule has 2 saturated heterocycles. The monoisotopic (exact) mass is 334 g/mol. The van der Waals surface area contributed by atoms with Gasteiger partial charge < -0.3 is 9.84 Å². The third-order valence-corrected chi connectivity index (χ3v) is 4.38. The average Bonchev–Trinajstić information content (AvgIpc) is 2.63. The van der Waals surface area contributed by atoms with E-state index in [0.29, 0.717) is 43.7 Å². The molecule has 2 heterocycles. The van der Waals surface area contributed by atoms with Crippen LogP contribution in [0.4, 0.5) is 4.79 Å². The Kier molecular flexibility index (Phi) is 4.92. The van der Waals surface area contributed by atoms with Crippen molar-refractivity contribution in [2.75, 3.05) is 18.1 Å². The number of hydrogen-bond donors (Lipinski definition) is 3. The predicted octanol–water partition coefficient (Wildman–Crippen LogP) is 1.01. The van der Waals surface area contributed by atoms with Crippen molar-refractivity contribution in [2.45, 2.75) is 31.9 Å². The third-order valence-electron chi connectivity index (χ3n) is 3.93. The standard InChI is InChI=1S/C12H18N2O5S2/c15-9-12(3-6-20,4-7-21)10(16)14-8(19-11(17)18)2-1-5-13(9)14/h8,20-21H,1-7H2,(H,17,18). The Bertz CT molecular complexity index is 453. The second-order valence-electron chi connectivity index (χ2n) is 5.09. The number of carbonyl (C=O) groups excluding carboxylic acids is 2. The first-order valence-corrected chi connectivity index (χ1v) is 8.01. The van der Waals surface area contributed by atoms with E-state index in [2.05, 4.69) is 25.3 Å². The summed E-state index contributed by atoms with van der Waals surface area (Å²) in [6, 6.07) is 0. The van der Waals surface area contributed by atoms with E-state index >= 15 is 0 Å². The molecular weight excluding hydrogens is 316 g/mol. The molecule has 2 rings (SSSR count). The Balaban J connectivity index is 2.34. The summed E-state index contributed by atoms with van der Waals surface area (Å²) in [5.74, 6) is 0.0743. The smallest absolute Gasteiger partial charge is 0.450 e. The summed E-state index contributed by atoms with van der Waals surface area (Å²) in [7, 11) is 0. The third kappa shape index (κ3) is 2.68. The lowest BCUT2D eigenvalue weighted by Crippen LogP contribution is -2.53. The first-order valence-electron chi connectivity index (χ1n) is 6.75. The van der Waals surface area contributed by atoms with Crippen LogP contribution in [0, 0.1) is 5.41 Å². The molecule has 118 valence electrons. The van der Waals surface area contributed by atoms with E-state index in [1.54, 1.807) is 0 Å². The Morgan fingerprint density at radius 2 is 1.90 bits per heavy atom. The Hall–Kier alpha value is -1.09. The highest BCUT2D eigenvalue weighted by Gasteiger charge is 2.60. The number of rotatable bonds is 5. The number of nitrogens with zero attached hydrogens (tertiary/aromatic N) is 2. The lowest BCUT2D eigenvalue weighted by Gasteiger charge is -2.37. The van der Waals surface area contributed by atoms with Gasteiger partial charge in [-0.25, -0.2) is 14.8 Å². The molecule has 0 aromatic carbocycles. The maximum atomic E-state index is 12.8. The average molecular weight is 334 g/mol. The molecule has 0 aliphatic carbocycles. The second-order valence-corrected chi connectivity index (χ2v) is 5.98. The molecule has 2 amide bonds. The molecule has 9 heteroatoms. The molecule has 0 aromatic rings. The van der Waals surface area contributed by atoms with Gasteiger partial charge in [-0.15, -0.1) is 0 Å². The van der Waals surface area contributed by atoms with Gasteiger partial charge in [-0.3, -0.25) is 9.59 Å². The molecule has 0 radical (unpaired) electrons. The van der Waals surface area contributed by atoms with Crippen molar-refractivity contribution in [1.29, 1.82) is 0 Å². The van der Waals surface area contributed by atoms with Crippen LogP contribution in [0.3, 0.4) is 0 Å². The van der Waals surface area contributed by atoms with Crippen LogP contribution in [0.25, 0.3) is 0 Å². The van der Waals surface area contributed by atoms with Crippen molar-refractivity contribution in [3.63, 3.8) is 0 Å². The summed E-state index contributed by atoms with van der Waals surface area (Å²) in [4.78, 5) is 36.2. The van der Waals surface area contributed by atoms with Gasteiger partial charge in [0.15, 0.2) is 6.23 Å². The van der Waals surface area contributed by atoms with Gasteiger partial charge in [-0.05, 0) is 30.8 Å². The zero-order valence-corrected chi connectivity index (χ0v) is 13.2. The van der Waals surface area contributed by atoms with Crippen molar-refractivity contribution in [3.05, 3.63) is 0 Å². The summed E-state index contributed by atoms with van der Waals surface area (Å²) < 4.78 is 4.76. The van der Waals surface area contributed by atoms with Gasteiger partial charge >= 0.3 is 6.16 Å². The van der Waals surface area contributed by atoms with Crippen LogP contribution in [-0.2, 0) is 14.3 Å². The Morgan fingerprint density at radius 1 is 1.29 bits per heavy atom. The number of carboxylic acid groups (broad SMARTS) is 1. The minimum atomic E-state index is -1.46. The zero-order chi connectivity index (χ0) is 15.6. The van der Waals surface area contributed by atoms with Gasteiger partial charge in [0, 0.05) is 13.0 Å². The van der Waals surface area contributed by atoms with Crippen LogP contribution in [-0.4, -0.2) is 57.4 Å². The normalized spacial score (nSPS) is 24.2. The van der Waals surface area contributed by atoms with Crippen molar-refractivity contribution < 1.29 is 24.2 Å². The molecule has 1 N–H and O–H groups in total. The van der Waals surface area contributed by atoms with E-state index in [1.807, 2.05) is 0 Å². The number of carbonyl (C=O) groups is 3. The van der Waals surface area contributed by atoms with Crippen molar-refractivity contribution in [2.24, 2.45) is 5.41 Å². The molecule has 2 aliphatic rings. The fraction of sp³-hybridized carbons (Fsp3) is 0.750. The van der Waals surface area contributed by atoms with Gasteiger partial charge in [0.25, 0.3) is 11.8 Å². The summed E-state index contributed by atoms with van der Waals surface area (Å²) in [5, 5.41) is 11.3. The summed E-state index contributed by atoms with van der Waals surface area (Å²) >= 11 is 8.29. The molecular formula is C12H18N2O5S2. The molecule has 1 atom stereocenters. The van der Waals surface area contributed by atoms with Crippen LogP contribution >= 0.6 is 25.3 Å². The number of thiol groups is 2. The number of amides is 2. The van der Waals surface area contributed by atoms with Gasteiger partial charge in [-0.2, -0.15) is 25.3 Å². The molecule has 0 spiro atoms. The van der Waals surface area contributed by atoms with Crippen molar-refractivity contribution in [3.8, 4) is 0 Å². The predicted molar refractivity (Wildman–Crippen MR) is 80.1 cm³/mol. The van der Waals surface area contributed by atoms with Crippen LogP contribution < -0.4 is 0 Å². The van der Waals surface area contributed by atoms with Gasteiger partial charge in [0.2, 0.25) is 0 Å². The minimum Gasteiger partial charge on any atom is -0.450 e. The molecule has 1 unspecified atom stereocenters. The van der Waals surface area contributed by atoms with E-state index < -0.39 is 23.7 Å². The van der Waals surface area contributed by atoms with Crippen LogP contribution in [0.15, 0.2) is 0 Å². The van der Waals surface area contributed by atoms with Crippen molar-refractivity contribution >= 4 is 43.2 Å². The second kappa shape index (κ2) is 6.35. The van der Waals surface area contributed by atoms with Crippen LogP contribution in [0.1, 0.15) is 25.7 Å². The largest absolute Gasteiger partial charge is 0.507 e. The number of fused-ring (bicyclic) bond motifs is 1. The molecule has 2 fully saturated rings. The van der Waals surface area contributed by atoms with Crippen molar-refractivity contribution in [1.82, 2.24) is 10.0 Å². The molecule has 2 aliphatic heterocycles. The lowest BCUT2D eigenvalue weighted by atomic mass is 9.81. The molecule has 21 heavy (non-hydrogen) atoms. The zero-order valence-electron chi connectivity index (χ0n) is 11.4. The van der Waals surface area contributed by atoms with Crippen LogP contribution in [0.5, 0.6) is 0 Å². The number of hydrogen-bond acceptors (Lipinski definition) is 6. The molecule has 0 aromatic heterocycles. The fourth-order valence-electron chi connectivity index (χ4n) is 2.96. The van der Waals surface area contributed by atoms with E-state index in [0.717, 1.165) is 0 Å². The van der Waals surface area contributed by atoms with Gasteiger partial charge in [0.05, 0.1) is 0 Å². The lowest BCUT2D eigenvalue weighted by molar-refractivity contribution is -0.181. The van der Waals surface area contributed by atoms with E-state index in [-0.39, 0.29) is 5.91 Å². The maximum absolute atomic E-state index is 12.8. The van der Waals surface area contributed by atoms with E-state index in [9.17, 15) is 14.4 Å². The van der Waals surface area contributed by atoms with E-state index in [1.165, 1.54) is 10.0 Å². The Morgan fingerprint density at radius 3 is 2.43 bits per heavy atom. The highest BCUT2D eigenvalue weighted by molar-refractivity contribution is 7.80. The minimum absolute atomic E-state index is 0.297. The van der Waals surface area contributed by atoms with Gasteiger partial charge in [0.1, 0.15) is 5.41 Å².